The molecule has 0 aliphatic heterocycles. The molecule has 0 radical (unpaired) electrons. The van der Waals surface area contributed by atoms with Crippen LogP contribution in [0.25, 0.3) is 0 Å². The summed E-state index contributed by atoms with van der Waals surface area (Å²) in [6, 6.07) is 31.9. The van der Waals surface area contributed by atoms with Gasteiger partial charge in [-0.15, -0.1) is 33.2 Å². The Morgan fingerprint density at radius 1 is 0.583 bits per heavy atom. The van der Waals surface area contributed by atoms with Crippen molar-refractivity contribution >= 4 is 33.2 Å². The van der Waals surface area contributed by atoms with Gasteiger partial charge in [0.05, 0.1) is 5.16 Å². The van der Waals surface area contributed by atoms with E-state index in [1.807, 2.05) is 0 Å². The molecule has 0 saturated heterocycles. The highest BCUT2D eigenvalue weighted by Crippen LogP contribution is 2.44. The van der Waals surface area contributed by atoms with E-state index in [2.05, 4.69) is 114 Å². The highest BCUT2D eigenvalue weighted by Gasteiger charge is 2.31. The smallest absolute Gasteiger partial charge is 0.168 e. The molecule has 0 spiro atoms. The second-order valence-corrected chi connectivity index (χ2v) is 10.2. The number of rotatable bonds is 7. The van der Waals surface area contributed by atoms with Crippen LogP contribution in [-0.4, -0.2) is 19.0 Å². The second kappa shape index (κ2) is 16.6. The van der Waals surface area contributed by atoms with E-state index in [4.69, 9.17) is 9.47 Å². The summed E-state index contributed by atoms with van der Waals surface area (Å²) < 4.78 is 11.8. The lowest BCUT2D eigenvalue weighted by Gasteiger charge is -2.33. The molecule has 1 unspecified atom stereocenters. The third kappa shape index (κ3) is 8.65. The summed E-state index contributed by atoms with van der Waals surface area (Å²) in [5.41, 5.74) is 3.84. The van der Waals surface area contributed by atoms with E-state index in [9.17, 15) is 0 Å². The van der Waals surface area contributed by atoms with Crippen molar-refractivity contribution in [2.24, 2.45) is 0 Å². The van der Waals surface area contributed by atoms with Crippen molar-refractivity contribution in [3.63, 3.8) is 0 Å². The average molecular weight is 619 g/mol. The highest BCUT2D eigenvalue weighted by atomic mass is 127. The lowest BCUT2D eigenvalue weighted by atomic mass is 9.84. The first-order chi connectivity index (χ1) is 17.1. The summed E-state index contributed by atoms with van der Waals surface area (Å²) in [5, 5.41) is -0.205. The molecule has 1 aliphatic carbocycles. The van der Waals surface area contributed by atoms with Crippen LogP contribution in [0.4, 0.5) is 0 Å². The van der Waals surface area contributed by atoms with E-state index in [1.165, 1.54) is 55.2 Å². The monoisotopic (exact) mass is 618 g/mol. The van der Waals surface area contributed by atoms with Gasteiger partial charge in [-0.2, -0.15) is 0 Å². The Bertz CT molecular complexity index is 835. The van der Waals surface area contributed by atoms with Gasteiger partial charge in [-0.05, 0) is 43.4 Å². The molecule has 4 rings (SSSR count). The number of hydrogen-bond acceptors (Lipinski definition) is 2. The van der Waals surface area contributed by atoms with Gasteiger partial charge in [0.25, 0.3) is 0 Å². The predicted molar refractivity (Wildman–Crippen MR) is 167 cm³/mol. The molecule has 0 bridgehead atoms. The Morgan fingerprint density at radius 3 is 1.19 bits per heavy atom. The van der Waals surface area contributed by atoms with Crippen LogP contribution in [-0.2, 0) is 14.6 Å². The molecule has 3 aromatic rings. The minimum Gasteiger partial charge on any atom is -0.350 e. The molecule has 0 heterocycles. The van der Waals surface area contributed by atoms with Crippen LogP contribution in [0.2, 0.25) is 0 Å². The van der Waals surface area contributed by atoms with Crippen LogP contribution in [0, 0.1) is 0 Å². The average Bonchev–Trinajstić information content (AvgIpc) is 3.03. The zero-order valence-corrected chi connectivity index (χ0v) is 25.5. The van der Waals surface area contributed by atoms with Crippen molar-refractivity contribution in [3.05, 3.63) is 108 Å². The first kappa shape index (κ1) is 31.0. The Kier molecular flexibility index (Phi) is 14.2. The van der Waals surface area contributed by atoms with E-state index in [-0.39, 0.29) is 34.9 Å². The summed E-state index contributed by atoms with van der Waals surface area (Å²) in [5.74, 6) is -0.256. The van der Waals surface area contributed by atoms with Crippen molar-refractivity contribution < 1.29 is 9.47 Å². The van der Waals surface area contributed by atoms with E-state index < -0.39 is 0 Å². The molecule has 1 atom stereocenters. The molecular formula is C32H44IO2P. The minimum atomic E-state index is -0.256. The number of halogens is 1. The van der Waals surface area contributed by atoms with Crippen LogP contribution in [0.3, 0.4) is 0 Å². The van der Waals surface area contributed by atoms with E-state index in [1.54, 1.807) is 0 Å². The lowest BCUT2D eigenvalue weighted by Crippen LogP contribution is -2.36. The SMILES string of the molecule is CCOC1(OCC)CCCCCCCC1.I.PC(c1ccccc1)(c1ccccc1)c1ccccc1. The van der Waals surface area contributed by atoms with Crippen molar-refractivity contribution in [2.45, 2.75) is 76.2 Å². The van der Waals surface area contributed by atoms with Crippen LogP contribution in [0.15, 0.2) is 91.0 Å². The molecule has 1 saturated carbocycles. The molecule has 196 valence electrons. The van der Waals surface area contributed by atoms with E-state index in [0.29, 0.717) is 0 Å². The molecule has 2 nitrogen and oxygen atoms in total. The van der Waals surface area contributed by atoms with Gasteiger partial charge in [0.2, 0.25) is 0 Å². The molecule has 1 fully saturated rings. The third-order valence-electron chi connectivity index (χ3n) is 6.87. The first-order valence-corrected chi connectivity index (χ1v) is 14.0. The van der Waals surface area contributed by atoms with Crippen LogP contribution < -0.4 is 0 Å². The maximum Gasteiger partial charge on any atom is 0.168 e. The van der Waals surface area contributed by atoms with Gasteiger partial charge < -0.3 is 9.47 Å². The summed E-state index contributed by atoms with van der Waals surface area (Å²) >= 11 is 0. The molecule has 0 amide bonds. The Labute approximate surface area is 238 Å². The van der Waals surface area contributed by atoms with Crippen LogP contribution in [0.1, 0.15) is 81.9 Å². The molecule has 4 heteroatoms. The second-order valence-electron chi connectivity index (χ2n) is 9.30. The zero-order chi connectivity index (χ0) is 24.8. The summed E-state index contributed by atoms with van der Waals surface area (Å²) in [7, 11) is 3.06. The summed E-state index contributed by atoms with van der Waals surface area (Å²) in [4.78, 5) is 0. The largest absolute Gasteiger partial charge is 0.350 e. The van der Waals surface area contributed by atoms with Gasteiger partial charge >= 0.3 is 0 Å². The fourth-order valence-corrected chi connectivity index (χ4v) is 5.66. The van der Waals surface area contributed by atoms with Crippen molar-refractivity contribution in [3.8, 4) is 0 Å². The molecule has 0 N–H and O–H groups in total. The van der Waals surface area contributed by atoms with E-state index in [0.717, 1.165) is 26.1 Å². The van der Waals surface area contributed by atoms with Gasteiger partial charge in [0.15, 0.2) is 5.79 Å². The number of hydrogen-bond donors (Lipinski definition) is 0. The molecular weight excluding hydrogens is 574 g/mol. The quantitative estimate of drug-likeness (QED) is 0.114. The van der Waals surface area contributed by atoms with E-state index >= 15 is 0 Å². The maximum atomic E-state index is 5.88. The van der Waals surface area contributed by atoms with Gasteiger partial charge in [0.1, 0.15) is 0 Å². The van der Waals surface area contributed by atoms with Gasteiger partial charge in [-0.1, -0.05) is 117 Å². The standard InChI is InChI=1S/C19H17P.C13H26O2.HI/c20-19(16-10-4-1-5-11-16,17-12-6-2-7-13-17)18-14-8-3-9-15-18;1-3-14-13(15-4-2)11-9-7-5-6-8-10-12-13;/h1-15H,20H2;3-12H2,1-2H3;1H. The van der Waals surface area contributed by atoms with Crippen LogP contribution >= 0.6 is 33.2 Å². The first-order valence-electron chi connectivity index (χ1n) is 13.4. The van der Waals surface area contributed by atoms with Gasteiger partial charge in [-0.3, -0.25) is 0 Å². The minimum absolute atomic E-state index is 0. The van der Waals surface area contributed by atoms with Crippen molar-refractivity contribution in [2.75, 3.05) is 13.2 Å². The Balaban J connectivity index is 0.000000258. The number of benzene rings is 3. The number of ether oxygens (including phenoxy) is 2. The Morgan fingerprint density at radius 2 is 0.889 bits per heavy atom. The summed E-state index contributed by atoms with van der Waals surface area (Å²) in [6.45, 7) is 5.65. The lowest BCUT2D eigenvalue weighted by molar-refractivity contribution is -0.241. The topological polar surface area (TPSA) is 18.5 Å². The molecule has 0 aromatic heterocycles. The highest BCUT2D eigenvalue weighted by molar-refractivity contribution is 14.0. The normalized spacial score (nSPS) is 15.8. The van der Waals surface area contributed by atoms with Gasteiger partial charge in [-0.25, -0.2) is 0 Å². The molecule has 36 heavy (non-hydrogen) atoms. The Hall–Kier alpha value is -1.26. The van der Waals surface area contributed by atoms with Gasteiger partial charge in [0, 0.05) is 26.1 Å². The summed E-state index contributed by atoms with van der Waals surface area (Å²) in [6.07, 6.45) is 10.1. The van der Waals surface area contributed by atoms with Crippen molar-refractivity contribution in [1.29, 1.82) is 0 Å². The van der Waals surface area contributed by atoms with Crippen molar-refractivity contribution in [1.82, 2.24) is 0 Å². The van der Waals surface area contributed by atoms with Crippen LogP contribution in [0.5, 0.6) is 0 Å². The zero-order valence-electron chi connectivity index (χ0n) is 22.0. The maximum absolute atomic E-state index is 5.88. The third-order valence-corrected chi connectivity index (χ3v) is 7.87. The predicted octanol–water partition coefficient (Wildman–Crippen LogP) is 9.36. The molecule has 1 aliphatic rings. The molecule has 3 aromatic carbocycles. The fourth-order valence-electron chi connectivity index (χ4n) is 5.08. The fraction of sp³-hybridized carbons (Fsp3) is 0.438.